The van der Waals surface area contributed by atoms with Gasteiger partial charge in [0.15, 0.2) is 0 Å². The molecule has 3 aromatic rings. The molecule has 0 aliphatic heterocycles. The van der Waals surface area contributed by atoms with Crippen molar-refractivity contribution in [3.8, 4) is 0 Å². The van der Waals surface area contributed by atoms with Crippen LogP contribution in [0.4, 0.5) is 24.5 Å². The summed E-state index contributed by atoms with van der Waals surface area (Å²) in [5.41, 5.74) is -1.18. The van der Waals surface area contributed by atoms with Crippen molar-refractivity contribution in [1.29, 1.82) is 0 Å². The van der Waals surface area contributed by atoms with Crippen molar-refractivity contribution in [3.05, 3.63) is 72.3 Å². The highest BCUT2D eigenvalue weighted by atomic mass is 32.2. The number of anilines is 2. The normalized spacial score (nSPS) is 12.0. The third-order valence-corrected chi connectivity index (χ3v) is 5.36. The van der Waals surface area contributed by atoms with Crippen LogP contribution in [0.25, 0.3) is 10.8 Å². The number of rotatable bonds is 5. The number of fused-ring (bicyclic) bond motifs is 1. The van der Waals surface area contributed by atoms with Gasteiger partial charge >= 0.3 is 6.18 Å². The molecule has 0 unspecified atom stereocenters. The molecule has 0 bridgehead atoms. The van der Waals surface area contributed by atoms with Crippen LogP contribution in [0.2, 0.25) is 0 Å². The van der Waals surface area contributed by atoms with E-state index in [0.29, 0.717) is 5.39 Å². The first-order valence-electron chi connectivity index (χ1n) is 8.49. The highest BCUT2D eigenvalue weighted by Crippen LogP contribution is 2.34. The summed E-state index contributed by atoms with van der Waals surface area (Å²) >= 11 is 0. The Morgan fingerprint density at radius 3 is 2.28 bits per heavy atom. The van der Waals surface area contributed by atoms with Gasteiger partial charge in [-0.1, -0.05) is 48.5 Å². The van der Waals surface area contributed by atoms with Crippen LogP contribution < -0.4 is 9.62 Å². The maximum absolute atomic E-state index is 13.1. The van der Waals surface area contributed by atoms with Crippen LogP contribution in [0, 0.1) is 0 Å². The van der Waals surface area contributed by atoms with E-state index >= 15 is 0 Å². The van der Waals surface area contributed by atoms with Gasteiger partial charge in [-0.05, 0) is 23.6 Å². The molecule has 9 heteroatoms. The molecule has 0 saturated heterocycles. The Bertz CT molecular complexity index is 1160. The molecule has 0 aromatic heterocycles. The number of benzene rings is 3. The van der Waals surface area contributed by atoms with Crippen molar-refractivity contribution in [2.45, 2.75) is 6.18 Å². The summed E-state index contributed by atoms with van der Waals surface area (Å²) in [7, 11) is -3.89. The summed E-state index contributed by atoms with van der Waals surface area (Å²) in [6, 6.07) is 16.5. The van der Waals surface area contributed by atoms with E-state index in [0.717, 1.165) is 28.1 Å². The Balaban J connectivity index is 1.94. The molecule has 29 heavy (non-hydrogen) atoms. The number of alkyl halides is 3. The second-order valence-electron chi connectivity index (χ2n) is 6.36. The molecule has 0 fully saturated rings. The average molecular weight is 422 g/mol. The molecule has 0 atom stereocenters. The molecule has 0 aliphatic carbocycles. The smallest absolute Gasteiger partial charge is 0.324 e. The van der Waals surface area contributed by atoms with E-state index < -0.39 is 39.9 Å². The number of carbonyl (C=O) groups excluding carboxylic acids is 1. The van der Waals surface area contributed by atoms with Gasteiger partial charge in [-0.3, -0.25) is 9.10 Å². The minimum atomic E-state index is -4.66. The van der Waals surface area contributed by atoms with Crippen LogP contribution >= 0.6 is 0 Å². The lowest BCUT2D eigenvalue weighted by Crippen LogP contribution is -2.37. The molecule has 3 aromatic carbocycles. The zero-order valence-electron chi connectivity index (χ0n) is 15.3. The van der Waals surface area contributed by atoms with Gasteiger partial charge in [0.25, 0.3) is 0 Å². The van der Waals surface area contributed by atoms with Gasteiger partial charge in [-0.15, -0.1) is 0 Å². The summed E-state index contributed by atoms with van der Waals surface area (Å²) in [5.74, 6) is -0.889. The first-order chi connectivity index (χ1) is 13.6. The minimum absolute atomic E-state index is 0.268. The monoisotopic (exact) mass is 422 g/mol. The van der Waals surface area contributed by atoms with Gasteiger partial charge < -0.3 is 5.32 Å². The van der Waals surface area contributed by atoms with Crippen molar-refractivity contribution < 1.29 is 26.4 Å². The highest BCUT2D eigenvalue weighted by molar-refractivity contribution is 7.92. The lowest BCUT2D eigenvalue weighted by atomic mass is 10.1. The molecule has 1 amide bonds. The Morgan fingerprint density at radius 2 is 1.59 bits per heavy atom. The lowest BCUT2D eigenvalue weighted by Gasteiger charge is -2.24. The maximum atomic E-state index is 13.1. The molecule has 3 rings (SSSR count). The molecule has 0 heterocycles. The number of hydrogen-bond acceptors (Lipinski definition) is 3. The number of carbonyl (C=O) groups is 1. The molecule has 0 saturated carbocycles. The predicted molar refractivity (Wildman–Crippen MR) is 106 cm³/mol. The molecule has 1 N–H and O–H groups in total. The number of nitrogens with one attached hydrogen (secondary N) is 1. The van der Waals surface area contributed by atoms with Gasteiger partial charge in [-0.25, -0.2) is 8.42 Å². The molecule has 0 radical (unpaired) electrons. The van der Waals surface area contributed by atoms with E-state index in [1.165, 1.54) is 12.1 Å². The standard InChI is InChI=1S/C20H17F3N2O3S/c1-29(27,28)25(18-12-6-8-14-7-2-3-9-15(14)18)13-19(26)24-17-11-5-4-10-16(17)20(21,22)23/h2-12H,13H2,1H3,(H,24,26). The van der Waals surface area contributed by atoms with E-state index in [2.05, 4.69) is 5.32 Å². The Hall–Kier alpha value is -3.07. The van der Waals surface area contributed by atoms with Crippen molar-refractivity contribution in [3.63, 3.8) is 0 Å². The molecule has 0 aliphatic rings. The second kappa shape index (κ2) is 7.75. The van der Waals surface area contributed by atoms with Gasteiger partial charge in [0.05, 0.1) is 23.2 Å². The Labute approximate surface area is 165 Å². The van der Waals surface area contributed by atoms with E-state index in [4.69, 9.17) is 0 Å². The third-order valence-electron chi connectivity index (χ3n) is 4.23. The minimum Gasteiger partial charge on any atom is -0.324 e. The number of hydrogen-bond donors (Lipinski definition) is 1. The predicted octanol–water partition coefficient (Wildman–Crippen LogP) is 4.26. The van der Waals surface area contributed by atoms with Crippen molar-refractivity contribution >= 4 is 38.1 Å². The summed E-state index contributed by atoms with van der Waals surface area (Å²) < 4.78 is 65.0. The van der Waals surface area contributed by atoms with Crippen LogP contribution in [-0.2, 0) is 21.0 Å². The largest absolute Gasteiger partial charge is 0.418 e. The van der Waals surface area contributed by atoms with Gasteiger partial charge in [0.1, 0.15) is 6.54 Å². The fourth-order valence-electron chi connectivity index (χ4n) is 2.97. The lowest BCUT2D eigenvalue weighted by molar-refractivity contribution is -0.137. The number of amides is 1. The summed E-state index contributed by atoms with van der Waals surface area (Å²) in [6.07, 6.45) is -3.72. The van der Waals surface area contributed by atoms with E-state index in [1.54, 1.807) is 42.5 Å². The molecule has 152 valence electrons. The van der Waals surface area contributed by atoms with E-state index in [9.17, 15) is 26.4 Å². The highest BCUT2D eigenvalue weighted by Gasteiger charge is 2.34. The topological polar surface area (TPSA) is 66.5 Å². The zero-order chi connectivity index (χ0) is 21.2. The number of sulfonamides is 1. The molecular weight excluding hydrogens is 405 g/mol. The van der Waals surface area contributed by atoms with Crippen LogP contribution in [0.15, 0.2) is 66.7 Å². The number of nitrogens with zero attached hydrogens (tertiary/aromatic N) is 1. The van der Waals surface area contributed by atoms with E-state index in [1.807, 2.05) is 0 Å². The van der Waals surface area contributed by atoms with Gasteiger partial charge in [-0.2, -0.15) is 13.2 Å². The van der Waals surface area contributed by atoms with Crippen LogP contribution in [-0.4, -0.2) is 27.1 Å². The van der Waals surface area contributed by atoms with Crippen molar-refractivity contribution in [2.75, 3.05) is 22.4 Å². The fourth-order valence-corrected chi connectivity index (χ4v) is 3.83. The molecule has 0 spiro atoms. The molecular formula is C20H17F3N2O3S. The quantitative estimate of drug-likeness (QED) is 0.668. The SMILES string of the molecule is CS(=O)(=O)N(CC(=O)Nc1ccccc1C(F)(F)F)c1cccc2ccccc12. The first-order valence-corrected chi connectivity index (χ1v) is 10.3. The van der Waals surface area contributed by atoms with Gasteiger partial charge in [0.2, 0.25) is 15.9 Å². The van der Waals surface area contributed by atoms with Crippen molar-refractivity contribution in [1.82, 2.24) is 0 Å². The van der Waals surface area contributed by atoms with Crippen LogP contribution in [0.1, 0.15) is 5.56 Å². The summed E-state index contributed by atoms with van der Waals surface area (Å²) in [5, 5.41) is 3.54. The van der Waals surface area contributed by atoms with E-state index in [-0.39, 0.29) is 5.69 Å². The molecule has 5 nitrogen and oxygen atoms in total. The number of para-hydroxylation sites is 1. The van der Waals surface area contributed by atoms with Gasteiger partial charge in [0, 0.05) is 5.39 Å². The Kier molecular flexibility index (Phi) is 5.52. The average Bonchev–Trinajstić information content (AvgIpc) is 2.64. The maximum Gasteiger partial charge on any atom is 0.418 e. The Morgan fingerprint density at radius 1 is 0.966 bits per heavy atom. The van der Waals surface area contributed by atoms with Crippen molar-refractivity contribution in [2.24, 2.45) is 0 Å². The summed E-state index contributed by atoms with van der Waals surface area (Å²) in [6.45, 7) is -0.668. The first kappa shape index (κ1) is 20.7. The van der Waals surface area contributed by atoms with Crippen LogP contribution in [0.3, 0.4) is 0 Å². The second-order valence-corrected chi connectivity index (χ2v) is 8.27. The van der Waals surface area contributed by atoms with Crippen LogP contribution in [0.5, 0.6) is 0 Å². The zero-order valence-corrected chi connectivity index (χ0v) is 16.1. The third kappa shape index (κ3) is 4.68. The fraction of sp³-hybridized carbons (Fsp3) is 0.150. The number of halogens is 3. The summed E-state index contributed by atoms with van der Waals surface area (Å²) in [4.78, 5) is 12.5.